The van der Waals surface area contributed by atoms with E-state index in [-0.39, 0.29) is 18.6 Å². The Morgan fingerprint density at radius 1 is 1.06 bits per heavy atom. The van der Waals surface area contributed by atoms with Crippen molar-refractivity contribution in [1.82, 2.24) is 24.4 Å². The summed E-state index contributed by atoms with van der Waals surface area (Å²) < 4.78 is 28.1. The molecule has 5 aromatic rings. The Morgan fingerprint density at radius 2 is 1.91 bits per heavy atom. The third-order valence-electron chi connectivity index (χ3n) is 9.02. The molecule has 3 aromatic heterocycles. The van der Waals surface area contributed by atoms with Crippen LogP contribution in [0.5, 0.6) is 5.88 Å². The van der Waals surface area contributed by atoms with Gasteiger partial charge in [0.1, 0.15) is 18.2 Å². The van der Waals surface area contributed by atoms with Gasteiger partial charge in [0.15, 0.2) is 0 Å². The first-order valence-corrected chi connectivity index (χ1v) is 16.4. The number of amides is 1. The number of fused-ring (bicyclic) bond motifs is 1. The minimum atomic E-state index is -0.391. The van der Waals surface area contributed by atoms with Crippen molar-refractivity contribution in [3.8, 4) is 5.88 Å². The molecular weight excluding hydrogens is 619 g/mol. The van der Waals surface area contributed by atoms with Crippen LogP contribution in [0.25, 0.3) is 11.0 Å². The van der Waals surface area contributed by atoms with E-state index in [0.717, 1.165) is 68.1 Å². The maximum atomic E-state index is 14.2. The van der Waals surface area contributed by atoms with Crippen molar-refractivity contribution in [2.75, 3.05) is 25.0 Å². The van der Waals surface area contributed by atoms with Crippen molar-refractivity contribution in [3.05, 3.63) is 112 Å². The molecule has 0 saturated carbocycles. The number of hydrogen-bond acceptors (Lipinski definition) is 7. The third kappa shape index (κ3) is 7.15. The molecule has 2 saturated heterocycles. The molecular formula is C36H36ClFN6O3. The van der Waals surface area contributed by atoms with Crippen LogP contribution in [0.1, 0.15) is 58.3 Å². The highest BCUT2D eigenvalue weighted by Crippen LogP contribution is 2.30. The van der Waals surface area contributed by atoms with Gasteiger partial charge in [-0.2, -0.15) is 0 Å². The number of ether oxygens (including phenoxy) is 2. The number of rotatable bonds is 10. The molecule has 1 unspecified atom stereocenters. The normalized spacial score (nSPS) is 17.0. The van der Waals surface area contributed by atoms with Crippen LogP contribution in [0.2, 0.25) is 5.02 Å². The fourth-order valence-electron chi connectivity index (χ4n) is 6.25. The molecule has 2 aromatic carbocycles. The zero-order valence-corrected chi connectivity index (χ0v) is 26.9. The number of benzene rings is 2. The number of piperidine rings is 1. The summed E-state index contributed by atoms with van der Waals surface area (Å²) in [5.41, 5.74) is 5.22. The first kappa shape index (κ1) is 31.2. The summed E-state index contributed by atoms with van der Waals surface area (Å²) in [4.78, 5) is 29.4. The van der Waals surface area contributed by atoms with Gasteiger partial charge < -0.3 is 19.4 Å². The lowest BCUT2D eigenvalue weighted by Crippen LogP contribution is -2.35. The van der Waals surface area contributed by atoms with Crippen LogP contribution in [-0.2, 0) is 24.4 Å². The number of nitrogens with zero attached hydrogens (tertiary/aromatic N) is 5. The van der Waals surface area contributed by atoms with E-state index in [1.165, 1.54) is 6.07 Å². The number of hydrogen-bond donors (Lipinski definition) is 1. The molecule has 1 amide bonds. The van der Waals surface area contributed by atoms with E-state index in [2.05, 4.69) is 19.8 Å². The van der Waals surface area contributed by atoms with E-state index in [1.54, 1.807) is 36.5 Å². The molecule has 1 N–H and O–H groups in total. The summed E-state index contributed by atoms with van der Waals surface area (Å²) in [6.45, 7) is 5.98. The average Bonchev–Trinajstić information content (AvgIpc) is 3.38. The fraction of sp³-hybridized carbons (Fsp3) is 0.333. The summed E-state index contributed by atoms with van der Waals surface area (Å²) >= 11 is 5.87. The van der Waals surface area contributed by atoms with Gasteiger partial charge in [-0.05, 0) is 87.8 Å². The van der Waals surface area contributed by atoms with Gasteiger partial charge in [0.05, 0.1) is 35.8 Å². The minimum absolute atomic E-state index is 0.0861. The molecule has 11 heteroatoms. The van der Waals surface area contributed by atoms with Crippen molar-refractivity contribution >= 4 is 34.2 Å². The quantitative estimate of drug-likeness (QED) is 0.175. The number of imidazole rings is 1. The van der Waals surface area contributed by atoms with Gasteiger partial charge in [-0.25, -0.2) is 14.4 Å². The number of aromatic nitrogens is 4. The molecule has 2 aliphatic heterocycles. The van der Waals surface area contributed by atoms with E-state index in [4.69, 9.17) is 31.0 Å². The van der Waals surface area contributed by atoms with E-state index >= 15 is 0 Å². The Kier molecular flexibility index (Phi) is 9.15. The van der Waals surface area contributed by atoms with Gasteiger partial charge in [-0.1, -0.05) is 23.7 Å². The zero-order chi connectivity index (χ0) is 32.3. The number of pyridine rings is 2. The van der Waals surface area contributed by atoms with Crippen molar-refractivity contribution in [3.63, 3.8) is 0 Å². The van der Waals surface area contributed by atoms with Crippen LogP contribution in [0.4, 0.5) is 10.1 Å². The molecule has 2 fully saturated rings. The van der Waals surface area contributed by atoms with E-state index < -0.39 is 5.82 Å². The maximum Gasteiger partial charge on any atom is 0.257 e. The molecule has 1 atom stereocenters. The first-order chi connectivity index (χ1) is 22.9. The predicted octanol–water partition coefficient (Wildman–Crippen LogP) is 6.93. The van der Waals surface area contributed by atoms with Gasteiger partial charge in [0, 0.05) is 52.4 Å². The van der Waals surface area contributed by atoms with Crippen LogP contribution in [0.3, 0.4) is 0 Å². The van der Waals surface area contributed by atoms with Gasteiger partial charge >= 0.3 is 0 Å². The molecule has 7 rings (SSSR count). The number of carbonyl (C=O) groups excluding carboxylic acids is 1. The average molecular weight is 655 g/mol. The van der Waals surface area contributed by atoms with E-state index in [9.17, 15) is 9.18 Å². The lowest BCUT2D eigenvalue weighted by Gasteiger charge is -2.32. The monoisotopic (exact) mass is 654 g/mol. The maximum absolute atomic E-state index is 14.2. The third-order valence-corrected chi connectivity index (χ3v) is 9.26. The van der Waals surface area contributed by atoms with Gasteiger partial charge in [0.2, 0.25) is 5.88 Å². The highest BCUT2D eigenvalue weighted by Gasteiger charge is 2.26. The largest absolute Gasteiger partial charge is 0.473 e. The lowest BCUT2D eigenvalue weighted by molar-refractivity contribution is -0.0592. The molecule has 5 heterocycles. The minimum Gasteiger partial charge on any atom is -0.473 e. The summed E-state index contributed by atoms with van der Waals surface area (Å²) in [5, 5.41) is 3.37. The van der Waals surface area contributed by atoms with Crippen molar-refractivity contribution in [1.29, 1.82) is 0 Å². The topological polar surface area (TPSA) is 94.4 Å². The second-order valence-corrected chi connectivity index (χ2v) is 12.6. The Labute approximate surface area is 277 Å². The summed E-state index contributed by atoms with van der Waals surface area (Å²) in [6.07, 6.45) is 4.81. The molecule has 0 radical (unpaired) electrons. The standard InChI is InChI=1S/C36H36ClFN6O3/c1-23-29(4-3-14-39-23)36(45)40-27-9-10-33-32(19-27)41-34(44(33)20-28-13-17-46-28)21-43-15-11-24(12-16-43)31-5-2-6-35(42-31)47-22-25-7-8-26(37)18-30(25)38/h2-10,14,18-19,24,28H,11-13,15-17,20-22H2,1H3,(H,40,45). The Bertz CT molecular complexity index is 1900. The van der Waals surface area contributed by atoms with Gasteiger partial charge in [-0.3, -0.25) is 14.7 Å². The second kappa shape index (κ2) is 13.8. The number of anilines is 1. The van der Waals surface area contributed by atoms with Crippen LogP contribution < -0.4 is 10.1 Å². The fourth-order valence-corrected chi connectivity index (χ4v) is 6.41. The molecule has 47 heavy (non-hydrogen) atoms. The number of carbonyl (C=O) groups is 1. The van der Waals surface area contributed by atoms with E-state index in [1.807, 2.05) is 37.3 Å². The van der Waals surface area contributed by atoms with Crippen LogP contribution in [0, 0.1) is 12.7 Å². The second-order valence-electron chi connectivity index (χ2n) is 12.2. The SMILES string of the molecule is Cc1ncccc1C(=O)Nc1ccc2c(c1)nc(CN1CCC(c3cccc(OCc4ccc(Cl)cc4F)n3)CC1)n2CC1CCO1. The van der Waals surface area contributed by atoms with Crippen LogP contribution in [0.15, 0.2) is 72.9 Å². The summed E-state index contributed by atoms with van der Waals surface area (Å²) in [7, 11) is 0. The predicted molar refractivity (Wildman–Crippen MR) is 178 cm³/mol. The van der Waals surface area contributed by atoms with Crippen molar-refractivity contribution in [2.24, 2.45) is 0 Å². The highest BCUT2D eigenvalue weighted by atomic mass is 35.5. The lowest BCUT2D eigenvalue weighted by atomic mass is 9.93. The van der Waals surface area contributed by atoms with Crippen LogP contribution in [-0.4, -0.2) is 56.1 Å². The number of nitrogens with one attached hydrogen (secondary N) is 1. The molecule has 0 spiro atoms. The number of aryl methyl sites for hydroxylation is 1. The summed E-state index contributed by atoms with van der Waals surface area (Å²) in [5.74, 6) is 1.19. The van der Waals surface area contributed by atoms with Gasteiger partial charge in [-0.15, -0.1) is 0 Å². The number of likely N-dealkylation sites (tertiary alicyclic amines) is 1. The molecule has 2 aliphatic rings. The highest BCUT2D eigenvalue weighted by molar-refractivity contribution is 6.30. The smallest absolute Gasteiger partial charge is 0.257 e. The molecule has 0 bridgehead atoms. The molecule has 242 valence electrons. The first-order valence-electron chi connectivity index (χ1n) is 16.0. The molecule has 9 nitrogen and oxygen atoms in total. The van der Waals surface area contributed by atoms with Crippen LogP contribution >= 0.6 is 11.6 Å². The zero-order valence-electron chi connectivity index (χ0n) is 26.2. The van der Waals surface area contributed by atoms with E-state index in [0.29, 0.717) is 45.9 Å². The van der Waals surface area contributed by atoms with Crippen molar-refractivity contribution < 1.29 is 18.7 Å². The summed E-state index contributed by atoms with van der Waals surface area (Å²) in [6, 6.07) is 19.8. The Balaban J connectivity index is 1.01. The van der Waals surface area contributed by atoms with Gasteiger partial charge in [0.25, 0.3) is 5.91 Å². The molecule has 0 aliphatic carbocycles. The number of halogens is 2. The van der Waals surface area contributed by atoms with Crippen molar-refractivity contribution in [2.45, 2.75) is 57.9 Å². The Morgan fingerprint density at radius 3 is 2.68 bits per heavy atom. The Hall–Kier alpha value is -4.38.